The summed E-state index contributed by atoms with van der Waals surface area (Å²) in [5.74, 6) is 2.38. The fourth-order valence-corrected chi connectivity index (χ4v) is 5.31. The average molecular weight is 484 g/mol. The number of rotatable bonds is 4. The maximum atomic E-state index is 13.0. The Hall–Kier alpha value is -2.49. The molecule has 0 aromatic heterocycles. The van der Waals surface area contributed by atoms with Gasteiger partial charge in [-0.1, -0.05) is 63.8 Å². The molecule has 1 aromatic carbocycles. The number of fused-ring (bicyclic) bond motifs is 2. The number of nitrogens with zero attached hydrogens (tertiary/aromatic N) is 1. The summed E-state index contributed by atoms with van der Waals surface area (Å²) in [5, 5.41) is 0. The molecule has 35 heavy (non-hydrogen) atoms. The molecule has 4 heteroatoms. The molecule has 2 unspecified atom stereocenters. The van der Waals surface area contributed by atoms with Gasteiger partial charge in [-0.05, 0) is 68.7 Å². The zero-order chi connectivity index (χ0) is 26.4. The van der Waals surface area contributed by atoms with E-state index in [-0.39, 0.29) is 29.9 Å². The summed E-state index contributed by atoms with van der Waals surface area (Å²) >= 11 is 0. The predicted molar refractivity (Wildman–Crippen MR) is 148 cm³/mol. The maximum absolute atomic E-state index is 13.0. The van der Waals surface area contributed by atoms with Crippen molar-refractivity contribution in [1.82, 2.24) is 0 Å². The third-order valence-corrected chi connectivity index (χ3v) is 7.18. The highest BCUT2D eigenvalue weighted by molar-refractivity contribution is 6.09. The third-order valence-electron chi connectivity index (χ3n) is 7.18. The van der Waals surface area contributed by atoms with Crippen molar-refractivity contribution in [2.75, 3.05) is 0 Å². The highest BCUT2D eigenvalue weighted by Crippen LogP contribution is 2.49. The van der Waals surface area contributed by atoms with Gasteiger partial charge in [0.2, 0.25) is 0 Å². The molecule has 1 heterocycles. The number of aliphatic imine (C=N–C) groups is 1. The zero-order valence-electron chi connectivity index (χ0n) is 22.5. The lowest BCUT2D eigenvalue weighted by molar-refractivity contribution is -0.144. The normalized spacial score (nSPS) is 27.9. The lowest BCUT2D eigenvalue weighted by atomic mass is 9.63. The van der Waals surface area contributed by atoms with Gasteiger partial charge in [0, 0.05) is 12.1 Å². The number of carbonyl (C=O) groups excluding carboxylic acids is 1. The lowest BCUT2D eigenvalue weighted by Gasteiger charge is -2.40. The summed E-state index contributed by atoms with van der Waals surface area (Å²) in [6.07, 6.45) is 13.5. The Morgan fingerprint density at radius 2 is 1.80 bits per heavy atom. The molecule has 1 aromatic rings. The van der Waals surface area contributed by atoms with Crippen molar-refractivity contribution in [3.8, 4) is 0 Å². The number of cyclic esters (lactones) is 1. The molecular formula is C31H46FNO2. The van der Waals surface area contributed by atoms with Gasteiger partial charge in [-0.25, -0.2) is 4.39 Å². The van der Waals surface area contributed by atoms with Crippen LogP contribution in [0.5, 0.6) is 0 Å². The molecule has 1 saturated heterocycles. The van der Waals surface area contributed by atoms with Crippen LogP contribution in [0.2, 0.25) is 0 Å². The van der Waals surface area contributed by atoms with Crippen LogP contribution in [0.15, 0.2) is 61.1 Å². The van der Waals surface area contributed by atoms with E-state index in [4.69, 9.17) is 4.74 Å². The minimum Gasteiger partial charge on any atom is -0.462 e. The Balaban J connectivity index is 0.000000307. The zero-order valence-corrected chi connectivity index (χ0v) is 22.5. The van der Waals surface area contributed by atoms with Crippen molar-refractivity contribution < 1.29 is 13.9 Å². The van der Waals surface area contributed by atoms with Crippen molar-refractivity contribution in [2.45, 2.75) is 85.3 Å². The second-order valence-corrected chi connectivity index (χ2v) is 9.20. The predicted octanol–water partition coefficient (Wildman–Crippen LogP) is 8.47. The van der Waals surface area contributed by atoms with Crippen LogP contribution in [0, 0.1) is 29.5 Å². The topological polar surface area (TPSA) is 38.7 Å². The number of allylic oxidation sites excluding steroid dienone is 2. The average Bonchev–Trinajstić information content (AvgIpc) is 3.18. The molecular weight excluding hydrogens is 437 g/mol. The molecule has 0 N–H and O–H groups in total. The molecule has 0 bridgehead atoms. The van der Waals surface area contributed by atoms with E-state index in [9.17, 15) is 9.18 Å². The second kappa shape index (κ2) is 16.2. The SMILES string of the molecule is C=C.C=CC(C)N=C/C(=C\C)c1cccc(F)c1.CC.C[C@H]1OC(=O)[C@@H]2C[C@@H]3CCCCC3C[C@H]12. The first-order valence-electron chi connectivity index (χ1n) is 13.2. The van der Waals surface area contributed by atoms with E-state index in [1.807, 2.05) is 39.8 Å². The van der Waals surface area contributed by atoms with Gasteiger partial charge in [-0.2, -0.15) is 0 Å². The Morgan fingerprint density at radius 1 is 1.17 bits per heavy atom. The van der Waals surface area contributed by atoms with Gasteiger partial charge in [0.1, 0.15) is 11.9 Å². The number of carbonyl (C=O) groups is 1. The van der Waals surface area contributed by atoms with E-state index in [0.29, 0.717) is 5.92 Å². The number of benzene rings is 1. The number of halogens is 1. The number of ether oxygens (including phenoxy) is 1. The number of hydrogen-bond donors (Lipinski definition) is 0. The van der Waals surface area contributed by atoms with Crippen molar-refractivity contribution in [3.05, 3.63) is 67.5 Å². The number of hydrogen-bond acceptors (Lipinski definition) is 3. The van der Waals surface area contributed by atoms with Gasteiger partial charge in [-0.15, -0.1) is 19.7 Å². The molecule has 2 saturated carbocycles. The number of esters is 1. The largest absolute Gasteiger partial charge is 0.462 e. The van der Waals surface area contributed by atoms with Crippen LogP contribution in [0.1, 0.15) is 78.7 Å². The Morgan fingerprint density at radius 3 is 2.37 bits per heavy atom. The minimum absolute atomic E-state index is 0.0727. The van der Waals surface area contributed by atoms with Gasteiger partial charge >= 0.3 is 5.97 Å². The second-order valence-electron chi connectivity index (χ2n) is 9.20. The van der Waals surface area contributed by atoms with Gasteiger partial charge in [0.15, 0.2) is 0 Å². The smallest absolute Gasteiger partial charge is 0.309 e. The summed E-state index contributed by atoms with van der Waals surface area (Å²) in [7, 11) is 0. The van der Waals surface area contributed by atoms with Gasteiger partial charge < -0.3 is 4.74 Å². The lowest BCUT2D eigenvalue weighted by Crippen LogP contribution is -2.35. The molecule has 0 radical (unpaired) electrons. The monoisotopic (exact) mass is 483 g/mol. The van der Waals surface area contributed by atoms with Crippen LogP contribution in [-0.2, 0) is 9.53 Å². The van der Waals surface area contributed by atoms with E-state index in [2.05, 4.69) is 31.7 Å². The molecule has 194 valence electrons. The standard InChI is InChI=1S/C14H16FN.C13H20O2.C2H6.C2H4/c1-4-11(3)16-10-12(5-2)13-7-6-8-14(15)9-13;1-8-11-6-9-4-2-3-5-10(9)7-12(11)13(14)15-8;2*1-2/h4-11H,1H2,2-3H3;8-12H,2-7H2,1H3;1-2H3;1-2H2/b12-5+,16-10?;;;/t;8-,9?,10+,11-,12-;;/m.1../s1. The van der Waals surface area contributed by atoms with Crippen LogP contribution in [-0.4, -0.2) is 24.3 Å². The van der Waals surface area contributed by atoms with Crippen LogP contribution in [0.25, 0.3) is 5.57 Å². The molecule has 6 atom stereocenters. The first-order chi connectivity index (χ1) is 16.9. The van der Waals surface area contributed by atoms with E-state index in [0.717, 1.165) is 29.4 Å². The van der Waals surface area contributed by atoms with E-state index in [1.54, 1.807) is 18.4 Å². The summed E-state index contributed by atoms with van der Waals surface area (Å²) in [6, 6.07) is 6.56. The van der Waals surface area contributed by atoms with Crippen molar-refractivity contribution in [2.24, 2.45) is 28.7 Å². The van der Waals surface area contributed by atoms with Gasteiger partial charge in [-0.3, -0.25) is 9.79 Å². The molecule has 0 spiro atoms. The van der Waals surface area contributed by atoms with E-state index in [1.165, 1.54) is 44.2 Å². The maximum Gasteiger partial charge on any atom is 0.309 e. The quantitative estimate of drug-likeness (QED) is 0.245. The van der Waals surface area contributed by atoms with Crippen LogP contribution in [0.4, 0.5) is 4.39 Å². The van der Waals surface area contributed by atoms with Crippen molar-refractivity contribution >= 4 is 17.8 Å². The fourth-order valence-electron chi connectivity index (χ4n) is 5.31. The van der Waals surface area contributed by atoms with Gasteiger partial charge in [0.05, 0.1) is 12.0 Å². The summed E-state index contributed by atoms with van der Waals surface area (Å²) in [5.41, 5.74) is 1.75. The molecule has 1 aliphatic heterocycles. The highest BCUT2D eigenvalue weighted by atomic mass is 19.1. The van der Waals surface area contributed by atoms with E-state index < -0.39 is 0 Å². The summed E-state index contributed by atoms with van der Waals surface area (Å²) in [4.78, 5) is 16.0. The molecule has 0 amide bonds. The summed E-state index contributed by atoms with van der Waals surface area (Å²) in [6.45, 7) is 19.6. The van der Waals surface area contributed by atoms with Crippen LogP contribution in [0.3, 0.4) is 0 Å². The van der Waals surface area contributed by atoms with Crippen molar-refractivity contribution in [3.63, 3.8) is 0 Å². The molecule has 3 aliphatic rings. The van der Waals surface area contributed by atoms with Crippen LogP contribution >= 0.6 is 0 Å². The summed E-state index contributed by atoms with van der Waals surface area (Å²) < 4.78 is 18.4. The fraction of sp³-hybridized carbons (Fsp3) is 0.548. The Kier molecular flexibility index (Phi) is 14.2. The molecule has 3 nitrogen and oxygen atoms in total. The minimum atomic E-state index is -0.234. The van der Waals surface area contributed by atoms with E-state index >= 15 is 0 Å². The molecule has 3 fully saturated rings. The van der Waals surface area contributed by atoms with Gasteiger partial charge in [0.25, 0.3) is 0 Å². The first-order valence-corrected chi connectivity index (χ1v) is 13.2. The highest BCUT2D eigenvalue weighted by Gasteiger charge is 2.49. The Labute approximate surface area is 213 Å². The van der Waals surface area contributed by atoms with Crippen LogP contribution < -0.4 is 0 Å². The Bertz CT molecular complexity index is 846. The first kappa shape index (κ1) is 30.5. The molecule has 2 aliphatic carbocycles. The molecule has 4 rings (SSSR count). The third kappa shape index (κ3) is 8.91. The van der Waals surface area contributed by atoms with Crippen molar-refractivity contribution in [1.29, 1.82) is 0 Å².